The molecule has 0 spiro atoms. The number of amides is 1. The Kier molecular flexibility index (Phi) is 5.76. The van der Waals surface area contributed by atoms with Gasteiger partial charge >= 0.3 is 0 Å². The molecule has 0 aromatic carbocycles. The van der Waals surface area contributed by atoms with E-state index in [1.54, 1.807) is 29.4 Å². The number of thioether (sulfide) groups is 1. The molecule has 2 aromatic rings. The van der Waals surface area contributed by atoms with Crippen molar-refractivity contribution in [2.45, 2.75) is 63.4 Å². The Hall–Kier alpha value is -1.14. The molecule has 0 radical (unpaired) electrons. The lowest BCUT2D eigenvalue weighted by molar-refractivity contribution is -0.129. The van der Waals surface area contributed by atoms with Crippen LogP contribution in [0, 0.1) is 13.8 Å². The standard InChI is InChI=1S/C18H25N3OS2/c1-12-13(2)24-18-16(12)17(19-11-20-18)23-10-15(22)21(3)14-8-6-4-5-7-9-14/h11,14H,4-10H2,1-3H3. The highest BCUT2D eigenvalue weighted by atomic mass is 32.2. The molecular weight excluding hydrogens is 338 g/mol. The number of hydrogen-bond donors (Lipinski definition) is 0. The Morgan fingerprint density at radius 2 is 1.96 bits per heavy atom. The van der Waals surface area contributed by atoms with E-state index in [4.69, 9.17) is 0 Å². The smallest absolute Gasteiger partial charge is 0.232 e. The number of fused-ring (bicyclic) bond motifs is 1. The van der Waals surface area contributed by atoms with Crippen molar-refractivity contribution in [1.29, 1.82) is 0 Å². The average Bonchev–Trinajstić information content (AvgIpc) is 2.78. The van der Waals surface area contributed by atoms with Crippen molar-refractivity contribution in [2.75, 3.05) is 12.8 Å². The molecule has 0 unspecified atom stereocenters. The summed E-state index contributed by atoms with van der Waals surface area (Å²) < 4.78 is 0. The lowest BCUT2D eigenvalue weighted by Crippen LogP contribution is -2.37. The third kappa shape index (κ3) is 3.75. The first-order valence-corrected chi connectivity index (χ1v) is 10.5. The largest absolute Gasteiger partial charge is 0.342 e. The van der Waals surface area contributed by atoms with Gasteiger partial charge in [-0.1, -0.05) is 37.4 Å². The van der Waals surface area contributed by atoms with Crippen molar-refractivity contribution >= 4 is 39.2 Å². The van der Waals surface area contributed by atoms with Crippen molar-refractivity contribution in [1.82, 2.24) is 14.9 Å². The molecule has 6 heteroatoms. The Balaban J connectivity index is 1.68. The van der Waals surface area contributed by atoms with Gasteiger partial charge in [-0.15, -0.1) is 11.3 Å². The van der Waals surface area contributed by atoms with Gasteiger partial charge < -0.3 is 4.90 Å². The van der Waals surface area contributed by atoms with Gasteiger partial charge in [0.15, 0.2) is 0 Å². The van der Waals surface area contributed by atoms with E-state index >= 15 is 0 Å². The van der Waals surface area contributed by atoms with Gasteiger partial charge in [-0.25, -0.2) is 9.97 Å². The van der Waals surface area contributed by atoms with Crippen LogP contribution in [0.15, 0.2) is 11.4 Å². The zero-order valence-corrected chi connectivity index (χ0v) is 16.3. The second-order valence-corrected chi connectivity index (χ2v) is 8.75. The molecule has 0 atom stereocenters. The van der Waals surface area contributed by atoms with Crippen molar-refractivity contribution < 1.29 is 4.79 Å². The lowest BCUT2D eigenvalue weighted by Gasteiger charge is -2.27. The summed E-state index contributed by atoms with van der Waals surface area (Å²) in [5.41, 5.74) is 1.24. The SMILES string of the molecule is Cc1sc2ncnc(SCC(=O)N(C)C3CCCCCC3)c2c1C. The van der Waals surface area contributed by atoms with Gasteiger partial charge in [-0.05, 0) is 32.3 Å². The van der Waals surface area contributed by atoms with E-state index in [1.807, 2.05) is 11.9 Å². The van der Waals surface area contributed by atoms with Crippen LogP contribution in [0.5, 0.6) is 0 Å². The average molecular weight is 364 g/mol. The summed E-state index contributed by atoms with van der Waals surface area (Å²) in [6, 6.07) is 0.413. The van der Waals surface area contributed by atoms with Gasteiger partial charge in [0.25, 0.3) is 0 Å². The lowest BCUT2D eigenvalue weighted by atomic mass is 10.1. The molecule has 0 bridgehead atoms. The minimum absolute atomic E-state index is 0.211. The molecule has 0 aliphatic heterocycles. The first-order chi connectivity index (χ1) is 11.6. The fourth-order valence-corrected chi connectivity index (χ4v) is 5.38. The van der Waals surface area contributed by atoms with Gasteiger partial charge in [0.1, 0.15) is 16.2 Å². The van der Waals surface area contributed by atoms with Crippen LogP contribution in [0.25, 0.3) is 10.2 Å². The number of carbonyl (C=O) groups is 1. The number of aryl methyl sites for hydroxylation is 2. The molecule has 24 heavy (non-hydrogen) atoms. The minimum Gasteiger partial charge on any atom is -0.342 e. The number of hydrogen-bond acceptors (Lipinski definition) is 5. The molecule has 0 N–H and O–H groups in total. The van der Waals surface area contributed by atoms with Crippen LogP contribution in [0.3, 0.4) is 0 Å². The summed E-state index contributed by atoms with van der Waals surface area (Å²) >= 11 is 3.25. The Labute approximate surface area is 152 Å². The van der Waals surface area contributed by atoms with Crippen LogP contribution in [0.4, 0.5) is 0 Å². The molecule has 0 saturated heterocycles. The Morgan fingerprint density at radius 1 is 1.25 bits per heavy atom. The van der Waals surface area contributed by atoms with Crippen LogP contribution in [0.1, 0.15) is 49.0 Å². The second kappa shape index (κ2) is 7.83. The summed E-state index contributed by atoms with van der Waals surface area (Å²) in [6.45, 7) is 4.22. The second-order valence-electron chi connectivity index (χ2n) is 6.58. The van der Waals surface area contributed by atoms with Gasteiger partial charge in [0, 0.05) is 23.4 Å². The third-order valence-electron chi connectivity index (χ3n) is 5.03. The van der Waals surface area contributed by atoms with E-state index in [-0.39, 0.29) is 5.91 Å². The van der Waals surface area contributed by atoms with Gasteiger partial charge in [-0.2, -0.15) is 0 Å². The summed E-state index contributed by atoms with van der Waals surface area (Å²) in [6.07, 6.45) is 9.01. The fraction of sp³-hybridized carbons (Fsp3) is 0.611. The number of nitrogens with zero attached hydrogens (tertiary/aromatic N) is 3. The molecule has 1 saturated carbocycles. The molecule has 2 heterocycles. The van der Waals surface area contributed by atoms with E-state index in [0.717, 1.165) is 28.1 Å². The molecule has 2 aromatic heterocycles. The van der Waals surface area contributed by atoms with E-state index in [1.165, 1.54) is 36.1 Å². The van der Waals surface area contributed by atoms with Gasteiger partial charge in [-0.3, -0.25) is 4.79 Å². The fourth-order valence-electron chi connectivity index (χ4n) is 3.34. The van der Waals surface area contributed by atoms with E-state index in [2.05, 4.69) is 23.8 Å². The van der Waals surface area contributed by atoms with Crippen LogP contribution < -0.4 is 0 Å². The molecule has 130 valence electrons. The number of carbonyl (C=O) groups excluding carboxylic acids is 1. The molecule has 1 amide bonds. The molecular formula is C18H25N3OS2. The van der Waals surface area contributed by atoms with Crippen molar-refractivity contribution in [3.05, 3.63) is 16.8 Å². The predicted molar refractivity (Wildman–Crippen MR) is 102 cm³/mol. The van der Waals surface area contributed by atoms with Crippen LogP contribution in [0.2, 0.25) is 0 Å². The van der Waals surface area contributed by atoms with Crippen molar-refractivity contribution in [3.63, 3.8) is 0 Å². The Bertz CT molecular complexity index is 720. The van der Waals surface area contributed by atoms with Crippen molar-refractivity contribution in [2.24, 2.45) is 0 Å². The first-order valence-electron chi connectivity index (χ1n) is 8.67. The van der Waals surface area contributed by atoms with Gasteiger partial charge in [0.2, 0.25) is 5.91 Å². The number of rotatable bonds is 4. The van der Waals surface area contributed by atoms with Crippen molar-refractivity contribution in [3.8, 4) is 0 Å². The zero-order chi connectivity index (χ0) is 17.1. The molecule has 1 fully saturated rings. The highest BCUT2D eigenvalue weighted by Crippen LogP contribution is 2.34. The van der Waals surface area contributed by atoms with E-state index in [9.17, 15) is 4.79 Å². The third-order valence-corrected chi connectivity index (χ3v) is 7.12. The topological polar surface area (TPSA) is 46.1 Å². The maximum atomic E-state index is 12.6. The molecule has 4 nitrogen and oxygen atoms in total. The quantitative estimate of drug-likeness (QED) is 0.453. The van der Waals surface area contributed by atoms with Crippen LogP contribution >= 0.6 is 23.1 Å². The minimum atomic E-state index is 0.211. The maximum absolute atomic E-state index is 12.6. The van der Waals surface area contributed by atoms with Gasteiger partial charge in [0.05, 0.1) is 5.75 Å². The monoisotopic (exact) mass is 363 g/mol. The normalized spacial score (nSPS) is 16.3. The highest BCUT2D eigenvalue weighted by molar-refractivity contribution is 8.00. The summed E-state index contributed by atoms with van der Waals surface area (Å²) in [7, 11) is 1.97. The summed E-state index contributed by atoms with van der Waals surface area (Å²) in [5, 5.41) is 2.05. The van der Waals surface area contributed by atoms with Crippen LogP contribution in [-0.4, -0.2) is 39.6 Å². The first kappa shape index (κ1) is 17.7. The van der Waals surface area contributed by atoms with E-state index < -0.39 is 0 Å². The van der Waals surface area contributed by atoms with E-state index in [0.29, 0.717) is 11.8 Å². The molecule has 1 aliphatic carbocycles. The predicted octanol–water partition coefficient (Wildman–Crippen LogP) is 4.58. The molecule has 3 rings (SSSR count). The zero-order valence-electron chi connectivity index (χ0n) is 14.7. The summed E-state index contributed by atoms with van der Waals surface area (Å²) in [5.74, 6) is 0.663. The summed E-state index contributed by atoms with van der Waals surface area (Å²) in [4.78, 5) is 25.7. The van der Waals surface area contributed by atoms with Crippen LogP contribution in [-0.2, 0) is 4.79 Å². The Morgan fingerprint density at radius 3 is 2.67 bits per heavy atom. The maximum Gasteiger partial charge on any atom is 0.232 e. The molecule has 1 aliphatic rings. The number of thiophene rings is 1. The number of aromatic nitrogens is 2. The highest BCUT2D eigenvalue weighted by Gasteiger charge is 2.22.